The Morgan fingerprint density at radius 3 is 2.93 bits per heavy atom. The molecule has 0 saturated carbocycles. The molecule has 2 rings (SSSR count). The van der Waals surface area contributed by atoms with Crippen molar-refractivity contribution in [3.05, 3.63) is 34.9 Å². The zero-order valence-electron chi connectivity index (χ0n) is 8.99. The monoisotopic (exact) mass is 204 g/mol. The number of hydrogen-bond donors (Lipinski definition) is 1. The van der Waals surface area contributed by atoms with Crippen LogP contribution in [-0.2, 0) is 6.42 Å². The highest BCUT2D eigenvalue weighted by Crippen LogP contribution is 2.28. The van der Waals surface area contributed by atoms with Crippen LogP contribution in [0, 0.1) is 0 Å². The molecule has 0 bridgehead atoms. The lowest BCUT2D eigenvalue weighted by atomic mass is 9.91. The molecule has 2 heteroatoms. The van der Waals surface area contributed by atoms with Crippen molar-refractivity contribution >= 4 is 6.08 Å². The van der Waals surface area contributed by atoms with Gasteiger partial charge < -0.3 is 9.84 Å². The van der Waals surface area contributed by atoms with Crippen LogP contribution in [0.25, 0.3) is 6.08 Å². The summed E-state index contributed by atoms with van der Waals surface area (Å²) in [6.07, 6.45) is 5.10. The van der Waals surface area contributed by atoms with Gasteiger partial charge in [-0.3, -0.25) is 0 Å². The van der Waals surface area contributed by atoms with Crippen LogP contribution >= 0.6 is 0 Å². The van der Waals surface area contributed by atoms with Gasteiger partial charge in [0.05, 0.1) is 7.11 Å². The van der Waals surface area contributed by atoms with Crippen molar-refractivity contribution < 1.29 is 9.84 Å². The zero-order valence-corrected chi connectivity index (χ0v) is 8.99. The largest absolute Gasteiger partial charge is 0.497 e. The van der Waals surface area contributed by atoms with Crippen molar-refractivity contribution in [1.82, 2.24) is 0 Å². The van der Waals surface area contributed by atoms with Crippen molar-refractivity contribution in [3.63, 3.8) is 0 Å². The zero-order chi connectivity index (χ0) is 10.7. The minimum absolute atomic E-state index is 0.247. The molecule has 0 spiro atoms. The van der Waals surface area contributed by atoms with E-state index in [1.54, 1.807) is 7.11 Å². The Hall–Kier alpha value is -1.28. The number of methoxy groups -OCH3 is 1. The van der Waals surface area contributed by atoms with Gasteiger partial charge in [0, 0.05) is 6.61 Å². The Kier molecular flexibility index (Phi) is 3.07. The molecule has 0 aliphatic heterocycles. The molecule has 0 heterocycles. The van der Waals surface area contributed by atoms with Gasteiger partial charge in [-0.25, -0.2) is 0 Å². The van der Waals surface area contributed by atoms with Crippen molar-refractivity contribution in [1.29, 1.82) is 0 Å². The molecule has 0 aromatic heterocycles. The number of aliphatic hydroxyl groups is 1. The second kappa shape index (κ2) is 4.49. The molecule has 0 radical (unpaired) electrons. The summed E-state index contributed by atoms with van der Waals surface area (Å²) in [6, 6.07) is 6.17. The number of fused-ring (bicyclic) bond motifs is 1. The molecule has 2 nitrogen and oxygen atoms in total. The van der Waals surface area contributed by atoms with Gasteiger partial charge in [0.1, 0.15) is 5.75 Å². The lowest BCUT2D eigenvalue weighted by Gasteiger charge is -2.16. The Morgan fingerprint density at radius 1 is 1.33 bits per heavy atom. The van der Waals surface area contributed by atoms with Gasteiger partial charge in [-0.05, 0) is 42.5 Å². The second-order valence-corrected chi connectivity index (χ2v) is 3.84. The van der Waals surface area contributed by atoms with Crippen LogP contribution in [0.3, 0.4) is 0 Å². The van der Waals surface area contributed by atoms with Crippen LogP contribution in [0.5, 0.6) is 5.75 Å². The van der Waals surface area contributed by atoms with E-state index in [1.165, 1.54) is 16.7 Å². The Bertz CT molecular complexity index is 380. The predicted molar refractivity (Wildman–Crippen MR) is 61.0 cm³/mol. The summed E-state index contributed by atoms with van der Waals surface area (Å²) in [6.45, 7) is 0.247. The summed E-state index contributed by atoms with van der Waals surface area (Å²) in [5.41, 5.74) is 3.96. The Labute approximate surface area is 90.2 Å². The maximum Gasteiger partial charge on any atom is 0.119 e. The normalized spacial score (nSPS) is 14.4. The SMILES string of the molecule is COc1ccc2c(c1)CCC(CCO)=C2. The Morgan fingerprint density at radius 2 is 2.20 bits per heavy atom. The minimum atomic E-state index is 0.247. The second-order valence-electron chi connectivity index (χ2n) is 3.84. The molecule has 0 fully saturated rings. The van der Waals surface area contributed by atoms with Gasteiger partial charge in [-0.2, -0.15) is 0 Å². The number of aliphatic hydroxyl groups excluding tert-OH is 1. The first-order valence-electron chi connectivity index (χ1n) is 5.30. The van der Waals surface area contributed by atoms with E-state index in [0.29, 0.717) is 0 Å². The standard InChI is InChI=1S/C13H16O2/c1-15-13-5-4-11-8-10(6-7-14)2-3-12(11)9-13/h4-5,8-9,14H,2-3,6-7H2,1H3. The minimum Gasteiger partial charge on any atom is -0.497 e. The van der Waals surface area contributed by atoms with Crippen molar-refractivity contribution in [2.75, 3.05) is 13.7 Å². The van der Waals surface area contributed by atoms with Crippen LogP contribution in [0.1, 0.15) is 24.0 Å². The van der Waals surface area contributed by atoms with Crippen molar-refractivity contribution in [3.8, 4) is 5.75 Å². The van der Waals surface area contributed by atoms with Crippen LogP contribution in [0.4, 0.5) is 0 Å². The highest BCUT2D eigenvalue weighted by molar-refractivity contribution is 5.60. The van der Waals surface area contributed by atoms with E-state index >= 15 is 0 Å². The third-order valence-corrected chi connectivity index (χ3v) is 2.86. The van der Waals surface area contributed by atoms with E-state index in [-0.39, 0.29) is 6.61 Å². The molecule has 1 aromatic rings. The van der Waals surface area contributed by atoms with Crippen molar-refractivity contribution in [2.45, 2.75) is 19.3 Å². The topological polar surface area (TPSA) is 29.5 Å². The van der Waals surface area contributed by atoms with Gasteiger partial charge in [0.15, 0.2) is 0 Å². The van der Waals surface area contributed by atoms with E-state index in [2.05, 4.69) is 18.2 Å². The first-order valence-corrected chi connectivity index (χ1v) is 5.30. The number of rotatable bonds is 3. The lowest BCUT2D eigenvalue weighted by molar-refractivity contribution is 0.298. The summed E-state index contributed by atoms with van der Waals surface area (Å²) < 4.78 is 5.19. The van der Waals surface area contributed by atoms with Crippen LogP contribution < -0.4 is 4.74 Å². The van der Waals surface area contributed by atoms with E-state index < -0.39 is 0 Å². The summed E-state index contributed by atoms with van der Waals surface area (Å²) >= 11 is 0. The van der Waals surface area contributed by atoms with E-state index in [4.69, 9.17) is 9.84 Å². The molecule has 1 aromatic carbocycles. The fourth-order valence-corrected chi connectivity index (χ4v) is 1.99. The average Bonchev–Trinajstić information content (AvgIpc) is 2.29. The van der Waals surface area contributed by atoms with Gasteiger partial charge in [-0.1, -0.05) is 17.7 Å². The smallest absolute Gasteiger partial charge is 0.119 e. The summed E-state index contributed by atoms with van der Waals surface area (Å²) in [5, 5.41) is 8.89. The Balaban J connectivity index is 2.27. The first kappa shape index (κ1) is 10.2. The van der Waals surface area contributed by atoms with Crippen LogP contribution in [0.2, 0.25) is 0 Å². The summed E-state index contributed by atoms with van der Waals surface area (Å²) in [7, 11) is 1.69. The molecule has 0 amide bonds. The predicted octanol–water partition coefficient (Wildman–Crippen LogP) is 2.41. The lowest BCUT2D eigenvalue weighted by Crippen LogP contribution is -2.01. The van der Waals surface area contributed by atoms with Gasteiger partial charge >= 0.3 is 0 Å². The van der Waals surface area contributed by atoms with E-state index in [0.717, 1.165) is 25.0 Å². The number of ether oxygens (including phenoxy) is 1. The third-order valence-electron chi connectivity index (χ3n) is 2.86. The maximum absolute atomic E-state index is 8.89. The maximum atomic E-state index is 8.89. The summed E-state index contributed by atoms with van der Waals surface area (Å²) in [4.78, 5) is 0. The van der Waals surface area contributed by atoms with Gasteiger partial charge in [0.25, 0.3) is 0 Å². The van der Waals surface area contributed by atoms with E-state index in [1.807, 2.05) is 6.07 Å². The van der Waals surface area contributed by atoms with Crippen LogP contribution in [0.15, 0.2) is 23.8 Å². The summed E-state index contributed by atoms with van der Waals surface area (Å²) in [5.74, 6) is 0.924. The first-order chi connectivity index (χ1) is 7.33. The number of hydrogen-bond acceptors (Lipinski definition) is 2. The fourth-order valence-electron chi connectivity index (χ4n) is 1.99. The molecule has 0 saturated heterocycles. The van der Waals surface area contributed by atoms with Crippen LogP contribution in [-0.4, -0.2) is 18.8 Å². The molecule has 0 atom stereocenters. The van der Waals surface area contributed by atoms with Gasteiger partial charge in [-0.15, -0.1) is 0 Å². The molecule has 15 heavy (non-hydrogen) atoms. The van der Waals surface area contributed by atoms with E-state index in [9.17, 15) is 0 Å². The molecular weight excluding hydrogens is 188 g/mol. The molecule has 1 aliphatic rings. The van der Waals surface area contributed by atoms with Gasteiger partial charge in [0.2, 0.25) is 0 Å². The number of benzene rings is 1. The average molecular weight is 204 g/mol. The molecular formula is C13H16O2. The molecule has 1 aliphatic carbocycles. The molecule has 1 N–H and O–H groups in total. The number of aryl methyl sites for hydroxylation is 1. The highest BCUT2D eigenvalue weighted by atomic mass is 16.5. The third kappa shape index (κ3) is 2.21. The molecule has 0 unspecified atom stereocenters. The fraction of sp³-hybridized carbons (Fsp3) is 0.385. The quantitative estimate of drug-likeness (QED) is 0.819. The highest BCUT2D eigenvalue weighted by Gasteiger charge is 2.10. The molecule has 80 valence electrons. The van der Waals surface area contributed by atoms with Crippen molar-refractivity contribution in [2.24, 2.45) is 0 Å².